The van der Waals surface area contributed by atoms with Crippen molar-refractivity contribution in [1.29, 1.82) is 0 Å². The lowest BCUT2D eigenvalue weighted by Crippen LogP contribution is -2.31. The first-order chi connectivity index (χ1) is 3.13. The minimum absolute atomic E-state index is 0.460. The molecule has 0 amide bonds. The highest BCUT2D eigenvalue weighted by molar-refractivity contribution is 7.37. The maximum Gasteiger partial charge on any atom is 0.182 e. The van der Waals surface area contributed by atoms with Gasteiger partial charge in [0.25, 0.3) is 0 Å². The highest BCUT2D eigenvalue weighted by atomic mass is 29.6. The Kier molecular flexibility index (Phi) is 3.85. The van der Waals surface area contributed by atoms with Gasteiger partial charge >= 0.3 is 0 Å². The summed E-state index contributed by atoms with van der Waals surface area (Å²) in [6, 6.07) is 0. The van der Waals surface area contributed by atoms with Crippen molar-refractivity contribution in [3.8, 4) is 0 Å². The van der Waals surface area contributed by atoms with Gasteiger partial charge < -0.3 is 9.59 Å². The summed E-state index contributed by atoms with van der Waals surface area (Å²) in [5, 5.41) is 0. The monoisotopic (exact) mass is 148 g/mol. The molecule has 5 heteroatoms. The molecule has 0 aromatic heterocycles. The van der Waals surface area contributed by atoms with Gasteiger partial charge in [0.2, 0.25) is 0 Å². The van der Waals surface area contributed by atoms with Crippen LogP contribution in [0.15, 0.2) is 0 Å². The van der Waals surface area contributed by atoms with Crippen LogP contribution in [-0.4, -0.2) is 35.3 Å². The van der Waals surface area contributed by atoms with Crippen molar-refractivity contribution in [2.24, 2.45) is 0 Å². The first-order valence-corrected chi connectivity index (χ1v) is 8.84. The average molecular weight is 148 g/mol. The Balaban J connectivity index is 2.95. The van der Waals surface area contributed by atoms with E-state index in [0.717, 1.165) is 0 Å². The van der Waals surface area contributed by atoms with Gasteiger partial charge in [-0.3, -0.25) is 0 Å². The third kappa shape index (κ3) is 6.57. The van der Waals surface area contributed by atoms with Gasteiger partial charge in [0, 0.05) is 0 Å². The fraction of sp³-hybridized carbons (Fsp3) is 1.00. The molecule has 0 atom stereocenters. The van der Waals surface area contributed by atoms with E-state index < -0.39 is 17.1 Å². The highest BCUT2D eigenvalue weighted by Gasteiger charge is 2.07. The lowest BCUT2D eigenvalue weighted by molar-refractivity contribution is 0.592. The predicted molar refractivity (Wildman–Crippen MR) is 33.4 cm³/mol. The van der Waals surface area contributed by atoms with Crippen LogP contribution in [0.4, 0.5) is 0 Å². The molecule has 0 aliphatic heterocycles. The van der Waals surface area contributed by atoms with Crippen LogP contribution in [0.3, 0.4) is 0 Å². The Morgan fingerprint density at radius 2 is 1.43 bits per heavy atom. The molecule has 0 unspecified atom stereocenters. The van der Waals surface area contributed by atoms with Crippen molar-refractivity contribution >= 4 is 25.7 Å². The zero-order valence-electron chi connectivity index (χ0n) is 4.39. The summed E-state index contributed by atoms with van der Waals surface area (Å²) in [5.74, 6) is 0. The van der Waals surface area contributed by atoms with E-state index in [1.807, 2.05) is 0 Å². The third-order valence-electron chi connectivity index (χ3n) is 0.362. The number of hydrogen-bond donors (Lipinski definition) is 2. The van der Waals surface area contributed by atoms with E-state index in [0.29, 0.717) is 8.55 Å². The summed E-state index contributed by atoms with van der Waals surface area (Å²) in [7, 11) is -1.76. The van der Waals surface area contributed by atoms with E-state index in [9.17, 15) is 0 Å². The van der Waals surface area contributed by atoms with E-state index in [-0.39, 0.29) is 0 Å². The number of rotatable bonds is 2. The molecule has 0 aromatic carbocycles. The molecule has 0 aromatic rings. The molecule has 2 nitrogen and oxygen atoms in total. The highest BCUT2D eigenvalue weighted by Crippen LogP contribution is 1.73. The molecule has 7 heavy (non-hydrogen) atoms. The Morgan fingerprint density at radius 1 is 1.14 bits per heavy atom. The fourth-order valence-electron chi connectivity index (χ4n) is 0.262. The van der Waals surface area contributed by atoms with Crippen LogP contribution in [-0.2, 0) is 0 Å². The molecule has 0 bridgehead atoms. The van der Waals surface area contributed by atoms with Gasteiger partial charge in [-0.1, -0.05) is 0 Å². The minimum Gasteiger partial charge on any atom is -0.435 e. The Hall–Kier alpha value is 0.571. The molecule has 0 aliphatic rings. The van der Waals surface area contributed by atoms with E-state index in [2.05, 4.69) is 0 Å². The molecule has 0 fully saturated rings. The largest absolute Gasteiger partial charge is 0.435 e. The molecule has 0 heterocycles. The van der Waals surface area contributed by atoms with Crippen LogP contribution in [0.5, 0.6) is 0 Å². The maximum atomic E-state index is 8.70. The Morgan fingerprint density at radius 3 is 1.43 bits per heavy atom. The predicted octanol–water partition coefficient (Wildman–Crippen LogP) is -1.09. The molecule has 0 aliphatic carbocycles. The molecule has 0 saturated heterocycles. The summed E-state index contributed by atoms with van der Waals surface area (Å²) < 4.78 is 0. The molecule has 40 valence electrons. The second-order valence-electron chi connectivity index (χ2n) is 1.30. The van der Waals surface area contributed by atoms with Gasteiger partial charge in [-0.25, -0.2) is 0 Å². The van der Waals surface area contributed by atoms with Crippen LogP contribution < -0.4 is 0 Å². The van der Waals surface area contributed by atoms with E-state index in [4.69, 9.17) is 9.59 Å². The van der Waals surface area contributed by atoms with Gasteiger partial charge in [0.05, 0.1) is 8.55 Å². The third-order valence-corrected chi connectivity index (χ3v) is 9.77. The Bertz CT molecular complexity index is 40.2. The summed E-state index contributed by atoms with van der Waals surface area (Å²) in [5.41, 5.74) is 0. The van der Waals surface area contributed by atoms with Crippen LogP contribution in [0.1, 0.15) is 0 Å². The van der Waals surface area contributed by atoms with Gasteiger partial charge in [0.1, 0.15) is 0 Å². The zero-order valence-corrected chi connectivity index (χ0v) is 7.39. The normalized spacial score (nSPS) is 11.1. The van der Waals surface area contributed by atoms with Crippen LogP contribution in [0.2, 0.25) is 13.1 Å². The molecule has 2 N–H and O–H groups in total. The van der Waals surface area contributed by atoms with Crippen molar-refractivity contribution in [2.45, 2.75) is 13.1 Å². The molecule has 0 rings (SSSR count). The lowest BCUT2D eigenvalue weighted by Gasteiger charge is -1.96. The van der Waals surface area contributed by atoms with Crippen LogP contribution in [0.25, 0.3) is 0 Å². The molecule has 4 radical (unpaired) electrons. The van der Waals surface area contributed by atoms with Crippen molar-refractivity contribution in [2.75, 3.05) is 0 Å². The second-order valence-corrected chi connectivity index (χ2v) is 11.2. The first-order valence-electron chi connectivity index (χ1n) is 1.95. The van der Waals surface area contributed by atoms with E-state index >= 15 is 0 Å². The molecule has 0 saturated carbocycles. The van der Waals surface area contributed by atoms with Crippen molar-refractivity contribution in [3.63, 3.8) is 0 Å². The topological polar surface area (TPSA) is 40.5 Å². The Labute approximate surface area is 49.0 Å². The van der Waals surface area contributed by atoms with Gasteiger partial charge in [-0.2, -0.15) is 0 Å². The van der Waals surface area contributed by atoms with Gasteiger partial charge in [0.15, 0.2) is 17.1 Å². The van der Waals surface area contributed by atoms with Gasteiger partial charge in [-0.15, -0.1) is 0 Å². The van der Waals surface area contributed by atoms with E-state index in [1.165, 1.54) is 0 Å². The minimum atomic E-state index is -1.11. The standard InChI is InChI=1S/C2H8O2Si3/c1-6(3)5-7(2)4/h3-4H,1-2H3. The smallest absolute Gasteiger partial charge is 0.182 e. The van der Waals surface area contributed by atoms with E-state index in [1.54, 1.807) is 13.1 Å². The van der Waals surface area contributed by atoms with Crippen molar-refractivity contribution < 1.29 is 9.59 Å². The first kappa shape index (κ1) is 7.57. The molecular formula is C2H8O2Si3. The maximum absolute atomic E-state index is 8.70. The quantitative estimate of drug-likeness (QED) is 0.489. The second kappa shape index (κ2) is 3.56. The summed E-state index contributed by atoms with van der Waals surface area (Å²) in [6.07, 6.45) is 0. The van der Waals surface area contributed by atoms with Crippen LogP contribution in [0, 0.1) is 0 Å². The SMILES string of the molecule is C[Si](O)[Si][Si](C)O. The average Bonchev–Trinajstić information content (AvgIpc) is 1.27. The lowest BCUT2D eigenvalue weighted by atomic mass is 11.9. The summed E-state index contributed by atoms with van der Waals surface area (Å²) >= 11 is 0. The fourth-order valence-corrected chi connectivity index (χ4v) is 7.07. The number of hydrogen-bond acceptors (Lipinski definition) is 2. The summed E-state index contributed by atoms with van der Waals surface area (Å²) in [4.78, 5) is 17.4. The molecule has 0 spiro atoms. The summed E-state index contributed by atoms with van der Waals surface area (Å²) in [6.45, 7) is 3.60. The van der Waals surface area contributed by atoms with Crippen LogP contribution >= 0.6 is 0 Å². The van der Waals surface area contributed by atoms with Crippen molar-refractivity contribution in [1.82, 2.24) is 0 Å². The van der Waals surface area contributed by atoms with Crippen molar-refractivity contribution in [3.05, 3.63) is 0 Å². The zero-order chi connectivity index (χ0) is 5.86. The molecular weight excluding hydrogens is 140 g/mol. The van der Waals surface area contributed by atoms with Gasteiger partial charge in [-0.05, 0) is 13.1 Å².